The molecule has 0 aliphatic rings. The zero-order valence-electron chi connectivity index (χ0n) is 24.7. The van der Waals surface area contributed by atoms with Gasteiger partial charge in [-0.2, -0.15) is 0 Å². The van der Waals surface area contributed by atoms with Gasteiger partial charge in [-0.3, -0.25) is 14.4 Å². The van der Waals surface area contributed by atoms with Crippen molar-refractivity contribution < 1.29 is 18.8 Å². The van der Waals surface area contributed by atoms with Crippen LogP contribution in [0.5, 0.6) is 0 Å². The maximum Gasteiger partial charge on any atom is 0.272 e. The molecule has 0 aromatic heterocycles. The molecule has 0 bridgehead atoms. The van der Waals surface area contributed by atoms with E-state index in [1.165, 1.54) is 36.0 Å². The highest BCUT2D eigenvalue weighted by Gasteiger charge is 2.23. The number of carbonyl (C=O) groups is 3. The van der Waals surface area contributed by atoms with Crippen LogP contribution in [0.15, 0.2) is 138 Å². The van der Waals surface area contributed by atoms with Crippen molar-refractivity contribution in [2.75, 3.05) is 10.6 Å². The maximum atomic E-state index is 14.5. The van der Waals surface area contributed by atoms with E-state index in [1.807, 2.05) is 43.3 Å². The molecule has 0 aliphatic heterocycles. The van der Waals surface area contributed by atoms with Crippen LogP contribution in [0.4, 0.5) is 15.8 Å². The van der Waals surface area contributed by atoms with Crippen LogP contribution in [-0.2, 0) is 9.59 Å². The molecule has 0 saturated carbocycles. The van der Waals surface area contributed by atoms with Gasteiger partial charge >= 0.3 is 0 Å². The van der Waals surface area contributed by atoms with Crippen molar-refractivity contribution >= 4 is 58.5 Å². The lowest BCUT2D eigenvalue weighted by Crippen LogP contribution is -2.30. The van der Waals surface area contributed by atoms with Gasteiger partial charge < -0.3 is 16.0 Å². The van der Waals surface area contributed by atoms with Crippen LogP contribution >= 0.6 is 23.4 Å². The van der Waals surface area contributed by atoms with Crippen LogP contribution in [0.25, 0.3) is 6.08 Å². The Morgan fingerprint density at radius 3 is 2.20 bits per heavy atom. The fraction of sp³-hybridized carbons (Fsp3) is 0.0541. The van der Waals surface area contributed by atoms with E-state index in [0.29, 0.717) is 26.9 Å². The van der Waals surface area contributed by atoms with Crippen molar-refractivity contribution in [3.63, 3.8) is 0 Å². The standard InChI is InChI=1S/C37H29ClFN3O3S/c1-24-30(38)19-11-21-32(24)41-37(45)34(25-12-4-2-5-13-25)46-29-18-10-17-28(23-29)40-36(44)33(22-27-16-8-9-20-31(27)39)42-35(43)26-14-6-3-7-15-26/h2-23,34H,1H3,(H,40,44)(H,41,45)(H,42,43)/b33-22-. The minimum absolute atomic E-state index is 0.136. The molecule has 0 aliphatic carbocycles. The largest absolute Gasteiger partial charge is 0.325 e. The molecule has 0 radical (unpaired) electrons. The average Bonchev–Trinajstić information content (AvgIpc) is 3.07. The molecular formula is C37H29ClFN3O3S. The molecule has 3 amide bonds. The van der Waals surface area contributed by atoms with Crippen LogP contribution in [0.1, 0.15) is 32.3 Å². The van der Waals surface area contributed by atoms with E-state index in [-0.39, 0.29) is 17.2 Å². The third kappa shape index (κ3) is 8.29. The Morgan fingerprint density at radius 2 is 1.46 bits per heavy atom. The molecule has 0 spiro atoms. The number of rotatable bonds is 10. The first kappa shape index (κ1) is 32.2. The van der Waals surface area contributed by atoms with Gasteiger partial charge in [-0.25, -0.2) is 4.39 Å². The quantitative estimate of drug-likeness (QED) is 0.104. The normalized spacial score (nSPS) is 11.8. The second-order valence-corrected chi connectivity index (χ2v) is 11.8. The minimum atomic E-state index is -0.650. The third-order valence-corrected chi connectivity index (χ3v) is 8.60. The summed E-state index contributed by atoms with van der Waals surface area (Å²) in [6.45, 7) is 1.84. The van der Waals surface area contributed by atoms with Crippen LogP contribution in [0.3, 0.4) is 0 Å². The van der Waals surface area contributed by atoms with E-state index < -0.39 is 22.9 Å². The first-order valence-electron chi connectivity index (χ1n) is 14.3. The van der Waals surface area contributed by atoms with Crippen molar-refractivity contribution in [1.29, 1.82) is 0 Å². The van der Waals surface area contributed by atoms with Crippen LogP contribution in [-0.4, -0.2) is 17.7 Å². The Balaban J connectivity index is 1.39. The fourth-order valence-corrected chi connectivity index (χ4v) is 5.77. The highest BCUT2D eigenvalue weighted by atomic mass is 35.5. The van der Waals surface area contributed by atoms with Gasteiger partial charge in [0.15, 0.2) is 0 Å². The van der Waals surface area contributed by atoms with Crippen molar-refractivity contribution in [3.05, 3.63) is 166 Å². The second-order valence-electron chi connectivity index (χ2n) is 10.2. The number of benzene rings is 5. The summed E-state index contributed by atoms with van der Waals surface area (Å²) < 4.78 is 14.5. The van der Waals surface area contributed by atoms with E-state index in [9.17, 15) is 18.8 Å². The second kappa shape index (κ2) is 15.2. The number of hydrogen-bond acceptors (Lipinski definition) is 4. The van der Waals surface area contributed by atoms with E-state index in [4.69, 9.17) is 11.6 Å². The average molecular weight is 650 g/mol. The summed E-state index contributed by atoms with van der Waals surface area (Å²) in [6.07, 6.45) is 1.29. The van der Waals surface area contributed by atoms with Gasteiger partial charge in [0.2, 0.25) is 5.91 Å². The molecule has 1 atom stereocenters. The maximum absolute atomic E-state index is 14.5. The molecular weight excluding hydrogens is 621 g/mol. The molecule has 0 heterocycles. The number of thioether (sulfide) groups is 1. The smallest absolute Gasteiger partial charge is 0.272 e. The Labute approximate surface area is 275 Å². The molecule has 5 aromatic rings. The van der Waals surface area contributed by atoms with Gasteiger partial charge in [-0.05, 0) is 72.7 Å². The van der Waals surface area contributed by atoms with Crippen molar-refractivity contribution in [2.45, 2.75) is 17.1 Å². The lowest BCUT2D eigenvalue weighted by atomic mass is 10.1. The number of hydrogen-bond donors (Lipinski definition) is 3. The number of halogens is 2. The van der Waals surface area contributed by atoms with Gasteiger partial charge in [0, 0.05) is 32.4 Å². The summed E-state index contributed by atoms with van der Waals surface area (Å²) in [5.41, 5.74) is 2.92. The highest BCUT2D eigenvalue weighted by Crippen LogP contribution is 2.38. The molecule has 5 aromatic carbocycles. The van der Waals surface area contributed by atoms with Crippen LogP contribution in [0, 0.1) is 12.7 Å². The first-order valence-corrected chi connectivity index (χ1v) is 15.6. The topological polar surface area (TPSA) is 87.3 Å². The minimum Gasteiger partial charge on any atom is -0.325 e. The van der Waals surface area contributed by atoms with E-state index in [0.717, 1.165) is 11.1 Å². The van der Waals surface area contributed by atoms with Gasteiger partial charge in [0.25, 0.3) is 11.8 Å². The summed E-state index contributed by atoms with van der Waals surface area (Å²) in [4.78, 5) is 40.8. The Bertz CT molecular complexity index is 1900. The van der Waals surface area contributed by atoms with Gasteiger partial charge in [0.1, 0.15) is 16.8 Å². The molecule has 46 heavy (non-hydrogen) atoms. The summed E-state index contributed by atoms with van der Waals surface area (Å²) >= 11 is 7.59. The summed E-state index contributed by atoms with van der Waals surface area (Å²) in [5.74, 6) is -1.95. The zero-order valence-corrected chi connectivity index (χ0v) is 26.2. The van der Waals surface area contributed by atoms with Crippen molar-refractivity contribution in [3.8, 4) is 0 Å². The Morgan fingerprint density at radius 1 is 0.783 bits per heavy atom. The lowest BCUT2D eigenvalue weighted by Gasteiger charge is -2.19. The Hall–Kier alpha value is -5.18. The van der Waals surface area contributed by atoms with Gasteiger partial charge in [-0.15, -0.1) is 11.8 Å². The molecule has 6 nitrogen and oxygen atoms in total. The molecule has 230 valence electrons. The fourth-order valence-electron chi connectivity index (χ4n) is 4.51. The van der Waals surface area contributed by atoms with Gasteiger partial charge in [0.05, 0.1) is 0 Å². The first-order chi connectivity index (χ1) is 22.3. The SMILES string of the molecule is Cc1c(Cl)cccc1NC(=O)C(Sc1cccc(NC(=O)/C(=C/c2ccccc2F)NC(=O)c2ccccc2)c1)c1ccccc1. The molecule has 1 unspecified atom stereocenters. The molecule has 0 saturated heterocycles. The van der Waals surface area contributed by atoms with E-state index in [1.54, 1.807) is 72.8 Å². The van der Waals surface area contributed by atoms with E-state index in [2.05, 4.69) is 16.0 Å². The third-order valence-electron chi connectivity index (χ3n) is 6.95. The molecule has 9 heteroatoms. The predicted octanol–water partition coefficient (Wildman–Crippen LogP) is 8.67. The van der Waals surface area contributed by atoms with E-state index >= 15 is 0 Å². The Kier molecular flexibility index (Phi) is 10.7. The van der Waals surface area contributed by atoms with Crippen LogP contribution in [0.2, 0.25) is 5.02 Å². The highest BCUT2D eigenvalue weighted by molar-refractivity contribution is 8.00. The number of amides is 3. The van der Waals surface area contributed by atoms with Gasteiger partial charge in [-0.1, -0.05) is 90.5 Å². The summed E-state index contributed by atoms with van der Waals surface area (Å²) in [5, 5.41) is 8.34. The van der Waals surface area contributed by atoms with Crippen LogP contribution < -0.4 is 16.0 Å². The van der Waals surface area contributed by atoms with Crippen molar-refractivity contribution in [1.82, 2.24) is 5.32 Å². The molecule has 5 rings (SSSR count). The summed E-state index contributed by atoms with van der Waals surface area (Å²) in [7, 11) is 0. The molecule has 3 N–H and O–H groups in total. The lowest BCUT2D eigenvalue weighted by molar-refractivity contribution is -0.116. The predicted molar refractivity (Wildman–Crippen MR) is 183 cm³/mol. The van der Waals surface area contributed by atoms with Crippen molar-refractivity contribution in [2.24, 2.45) is 0 Å². The number of carbonyl (C=O) groups excluding carboxylic acids is 3. The zero-order chi connectivity index (χ0) is 32.5. The molecule has 0 fully saturated rings. The number of anilines is 2. The number of nitrogens with one attached hydrogen (secondary N) is 3. The monoisotopic (exact) mass is 649 g/mol. The summed E-state index contributed by atoms with van der Waals surface area (Å²) in [6, 6.07) is 36.1.